The van der Waals surface area contributed by atoms with Crippen molar-refractivity contribution in [1.82, 2.24) is 10.3 Å². The Hall–Kier alpha value is -1.79. The molecule has 2 aromatic rings. The average molecular weight is 280 g/mol. The molecule has 100 valence electrons. The van der Waals surface area contributed by atoms with Crippen molar-refractivity contribution in [1.29, 1.82) is 0 Å². The van der Waals surface area contributed by atoms with Gasteiger partial charge in [0, 0.05) is 17.5 Å². The lowest BCUT2D eigenvalue weighted by Crippen LogP contribution is -2.33. The Bertz CT molecular complexity index is 568. The maximum atomic E-state index is 12.8. The molecular weight excluding hydrogens is 267 g/mol. The summed E-state index contributed by atoms with van der Waals surface area (Å²) in [5.41, 5.74) is 1.63. The minimum absolute atomic E-state index is 0.280. The number of nitrogens with one attached hydrogen (secondary N) is 1. The standard InChI is InChI=1S/C13H13FN2O2S/c1-8(13(17)18)15-6-11-7-19-12(16-11)9-2-4-10(14)5-3-9/h2-5,7-8,15H,6H2,1H3,(H,17,18). The molecule has 2 rings (SSSR count). The molecule has 1 unspecified atom stereocenters. The van der Waals surface area contributed by atoms with Crippen molar-refractivity contribution in [2.75, 3.05) is 0 Å². The molecule has 0 aliphatic heterocycles. The summed E-state index contributed by atoms with van der Waals surface area (Å²) in [6, 6.07) is 5.51. The number of rotatable bonds is 5. The minimum Gasteiger partial charge on any atom is -0.480 e. The maximum Gasteiger partial charge on any atom is 0.320 e. The first kappa shape index (κ1) is 13.6. The van der Waals surface area contributed by atoms with Gasteiger partial charge in [-0.2, -0.15) is 0 Å². The van der Waals surface area contributed by atoms with Gasteiger partial charge < -0.3 is 5.11 Å². The van der Waals surface area contributed by atoms with Crippen LogP contribution in [0.4, 0.5) is 4.39 Å². The molecular formula is C13H13FN2O2S. The third-order valence-corrected chi connectivity index (χ3v) is 3.54. The van der Waals surface area contributed by atoms with Gasteiger partial charge in [0.05, 0.1) is 5.69 Å². The van der Waals surface area contributed by atoms with E-state index in [4.69, 9.17) is 5.11 Å². The molecule has 0 saturated carbocycles. The predicted octanol–water partition coefficient (Wildman–Crippen LogP) is 2.51. The second-order valence-electron chi connectivity index (χ2n) is 4.09. The number of carbonyl (C=O) groups is 1. The van der Waals surface area contributed by atoms with Gasteiger partial charge >= 0.3 is 5.97 Å². The fraction of sp³-hybridized carbons (Fsp3) is 0.231. The molecule has 0 fully saturated rings. The molecule has 1 aromatic heterocycles. The van der Waals surface area contributed by atoms with Crippen molar-refractivity contribution in [3.8, 4) is 10.6 Å². The molecule has 1 aromatic carbocycles. The second kappa shape index (κ2) is 5.90. The molecule has 0 saturated heterocycles. The van der Waals surface area contributed by atoms with E-state index in [-0.39, 0.29) is 5.82 Å². The summed E-state index contributed by atoms with van der Waals surface area (Å²) in [5, 5.41) is 14.3. The molecule has 0 bridgehead atoms. The van der Waals surface area contributed by atoms with Crippen molar-refractivity contribution in [3.63, 3.8) is 0 Å². The van der Waals surface area contributed by atoms with Crippen LogP contribution in [0.2, 0.25) is 0 Å². The third-order valence-electron chi connectivity index (χ3n) is 2.60. The van der Waals surface area contributed by atoms with Crippen LogP contribution in [0.15, 0.2) is 29.6 Å². The van der Waals surface area contributed by atoms with Crippen LogP contribution in [-0.2, 0) is 11.3 Å². The van der Waals surface area contributed by atoms with Gasteiger partial charge in [0.2, 0.25) is 0 Å². The quantitative estimate of drug-likeness (QED) is 0.883. The Morgan fingerprint density at radius 2 is 2.16 bits per heavy atom. The molecule has 2 N–H and O–H groups in total. The first-order valence-corrected chi connectivity index (χ1v) is 6.61. The van der Waals surface area contributed by atoms with E-state index in [1.54, 1.807) is 19.1 Å². The van der Waals surface area contributed by atoms with E-state index in [1.807, 2.05) is 5.38 Å². The number of hydrogen-bond donors (Lipinski definition) is 2. The van der Waals surface area contributed by atoms with E-state index in [2.05, 4.69) is 10.3 Å². The van der Waals surface area contributed by atoms with E-state index in [0.717, 1.165) is 16.3 Å². The van der Waals surface area contributed by atoms with Gasteiger partial charge in [0.25, 0.3) is 0 Å². The van der Waals surface area contributed by atoms with Crippen LogP contribution in [0.5, 0.6) is 0 Å². The highest BCUT2D eigenvalue weighted by Crippen LogP contribution is 2.23. The number of carboxylic acid groups (broad SMARTS) is 1. The summed E-state index contributed by atoms with van der Waals surface area (Å²) in [6.07, 6.45) is 0. The second-order valence-corrected chi connectivity index (χ2v) is 4.95. The van der Waals surface area contributed by atoms with E-state index < -0.39 is 12.0 Å². The van der Waals surface area contributed by atoms with Crippen molar-refractivity contribution >= 4 is 17.3 Å². The van der Waals surface area contributed by atoms with Gasteiger partial charge in [-0.25, -0.2) is 9.37 Å². The number of benzene rings is 1. The highest BCUT2D eigenvalue weighted by molar-refractivity contribution is 7.13. The highest BCUT2D eigenvalue weighted by atomic mass is 32.1. The van der Waals surface area contributed by atoms with Gasteiger partial charge in [-0.15, -0.1) is 11.3 Å². The van der Waals surface area contributed by atoms with Gasteiger partial charge in [-0.3, -0.25) is 10.1 Å². The molecule has 0 spiro atoms. The fourth-order valence-corrected chi connectivity index (χ4v) is 2.28. The Morgan fingerprint density at radius 3 is 2.79 bits per heavy atom. The van der Waals surface area contributed by atoms with Crippen LogP contribution in [0, 0.1) is 5.82 Å². The summed E-state index contributed by atoms with van der Waals surface area (Å²) in [4.78, 5) is 15.0. The first-order chi connectivity index (χ1) is 9.06. The van der Waals surface area contributed by atoms with E-state index in [9.17, 15) is 9.18 Å². The topological polar surface area (TPSA) is 62.2 Å². The average Bonchev–Trinajstić information content (AvgIpc) is 2.85. The summed E-state index contributed by atoms with van der Waals surface area (Å²) < 4.78 is 12.8. The Balaban J connectivity index is 2.03. The van der Waals surface area contributed by atoms with Crippen LogP contribution in [0.3, 0.4) is 0 Å². The summed E-state index contributed by atoms with van der Waals surface area (Å²) in [5.74, 6) is -1.17. The zero-order valence-corrected chi connectivity index (χ0v) is 11.1. The number of hydrogen-bond acceptors (Lipinski definition) is 4. The lowest BCUT2D eigenvalue weighted by Gasteiger charge is -2.06. The first-order valence-electron chi connectivity index (χ1n) is 5.73. The number of thiazole rings is 1. The van der Waals surface area contributed by atoms with Crippen LogP contribution < -0.4 is 5.32 Å². The molecule has 1 heterocycles. The number of carboxylic acids is 1. The van der Waals surface area contributed by atoms with Gasteiger partial charge in [-0.1, -0.05) is 0 Å². The Kier molecular flexibility index (Phi) is 4.24. The summed E-state index contributed by atoms with van der Waals surface area (Å²) in [6.45, 7) is 1.97. The SMILES string of the molecule is CC(NCc1csc(-c2ccc(F)cc2)n1)C(=O)O. The largest absolute Gasteiger partial charge is 0.480 e. The monoisotopic (exact) mass is 280 g/mol. The summed E-state index contributed by atoms with van der Waals surface area (Å²) in [7, 11) is 0. The number of aromatic nitrogens is 1. The molecule has 0 aliphatic rings. The van der Waals surface area contributed by atoms with E-state index in [0.29, 0.717) is 6.54 Å². The zero-order valence-electron chi connectivity index (χ0n) is 10.3. The molecule has 0 amide bonds. The molecule has 1 atom stereocenters. The van der Waals surface area contributed by atoms with E-state index >= 15 is 0 Å². The third kappa shape index (κ3) is 3.59. The summed E-state index contributed by atoms with van der Waals surface area (Å²) >= 11 is 1.45. The lowest BCUT2D eigenvalue weighted by molar-refractivity contribution is -0.139. The van der Waals surface area contributed by atoms with Crippen molar-refractivity contribution in [2.45, 2.75) is 19.5 Å². The molecule has 4 nitrogen and oxygen atoms in total. The van der Waals surface area contributed by atoms with Gasteiger partial charge in [-0.05, 0) is 31.2 Å². The van der Waals surface area contributed by atoms with Gasteiger partial charge in [0.1, 0.15) is 16.9 Å². The zero-order chi connectivity index (χ0) is 13.8. The molecule has 19 heavy (non-hydrogen) atoms. The number of halogens is 1. The molecule has 0 radical (unpaired) electrons. The van der Waals surface area contributed by atoms with Crippen molar-refractivity contribution in [2.24, 2.45) is 0 Å². The van der Waals surface area contributed by atoms with E-state index in [1.165, 1.54) is 23.5 Å². The lowest BCUT2D eigenvalue weighted by atomic mass is 10.2. The van der Waals surface area contributed by atoms with Crippen LogP contribution >= 0.6 is 11.3 Å². The predicted molar refractivity (Wildman–Crippen MR) is 71.4 cm³/mol. The molecule has 6 heteroatoms. The van der Waals surface area contributed by atoms with Crippen LogP contribution in [0.25, 0.3) is 10.6 Å². The van der Waals surface area contributed by atoms with Crippen LogP contribution in [0.1, 0.15) is 12.6 Å². The molecule has 0 aliphatic carbocycles. The normalized spacial score (nSPS) is 12.3. The van der Waals surface area contributed by atoms with Crippen molar-refractivity contribution < 1.29 is 14.3 Å². The van der Waals surface area contributed by atoms with Gasteiger partial charge in [0.15, 0.2) is 0 Å². The van der Waals surface area contributed by atoms with Crippen molar-refractivity contribution in [3.05, 3.63) is 41.2 Å². The minimum atomic E-state index is -0.894. The number of nitrogens with zero attached hydrogens (tertiary/aromatic N) is 1. The van der Waals surface area contributed by atoms with Crippen LogP contribution in [-0.4, -0.2) is 22.1 Å². The maximum absolute atomic E-state index is 12.8. The smallest absolute Gasteiger partial charge is 0.320 e. The highest BCUT2D eigenvalue weighted by Gasteiger charge is 2.11. The fourth-order valence-electron chi connectivity index (χ4n) is 1.46. The Morgan fingerprint density at radius 1 is 1.47 bits per heavy atom. The Labute approximate surface area is 113 Å². The number of aliphatic carboxylic acids is 1.